The van der Waals surface area contributed by atoms with Gasteiger partial charge in [0.15, 0.2) is 0 Å². The molecule has 0 spiro atoms. The molecule has 3 N–H and O–H groups in total. The molecule has 2 aromatic rings. The van der Waals surface area contributed by atoms with E-state index in [1.807, 2.05) is 24.3 Å². The van der Waals surface area contributed by atoms with Gasteiger partial charge in [0.2, 0.25) is 5.13 Å². The summed E-state index contributed by atoms with van der Waals surface area (Å²) in [6.07, 6.45) is 2.68. The van der Waals surface area contributed by atoms with Crippen LogP contribution < -0.4 is 15.8 Å². The van der Waals surface area contributed by atoms with Crippen molar-refractivity contribution in [1.82, 2.24) is 9.36 Å². The summed E-state index contributed by atoms with van der Waals surface area (Å²) in [4.78, 5) is 4.50. The third-order valence-corrected chi connectivity index (χ3v) is 4.02. The minimum Gasteiger partial charge on any atom is -0.497 e. The van der Waals surface area contributed by atoms with Gasteiger partial charge in [-0.3, -0.25) is 0 Å². The first-order valence-electron chi connectivity index (χ1n) is 7.16. The molecule has 0 radical (unpaired) electrons. The molecule has 0 saturated heterocycles. The highest BCUT2D eigenvalue weighted by atomic mass is 32.1. The van der Waals surface area contributed by atoms with Crippen molar-refractivity contribution < 1.29 is 4.74 Å². The molecule has 5 nitrogen and oxygen atoms in total. The van der Waals surface area contributed by atoms with Crippen LogP contribution in [0.1, 0.15) is 31.2 Å². The van der Waals surface area contributed by atoms with Crippen LogP contribution in [0.25, 0.3) is 0 Å². The molecule has 2 rings (SSSR count). The number of anilines is 1. The number of hydrogen-bond donors (Lipinski definition) is 2. The molecule has 0 bridgehead atoms. The number of ether oxygens (including phenoxy) is 1. The van der Waals surface area contributed by atoms with E-state index in [0.29, 0.717) is 0 Å². The fourth-order valence-electron chi connectivity index (χ4n) is 1.89. The van der Waals surface area contributed by atoms with Crippen molar-refractivity contribution in [3.05, 3.63) is 35.7 Å². The van der Waals surface area contributed by atoms with E-state index in [1.54, 1.807) is 7.11 Å². The third-order valence-electron chi connectivity index (χ3n) is 3.31. The van der Waals surface area contributed by atoms with Crippen molar-refractivity contribution in [2.75, 3.05) is 19.0 Å². The molecule has 0 saturated carbocycles. The lowest BCUT2D eigenvalue weighted by atomic mass is 10.1. The van der Waals surface area contributed by atoms with E-state index >= 15 is 0 Å². The first-order chi connectivity index (χ1) is 10.2. The molecule has 21 heavy (non-hydrogen) atoms. The van der Waals surface area contributed by atoms with Gasteiger partial charge in [-0.1, -0.05) is 19.1 Å². The van der Waals surface area contributed by atoms with Gasteiger partial charge in [-0.05, 0) is 30.5 Å². The van der Waals surface area contributed by atoms with E-state index in [4.69, 9.17) is 10.5 Å². The molecule has 1 unspecified atom stereocenters. The second-order valence-electron chi connectivity index (χ2n) is 4.92. The molecule has 6 heteroatoms. The Morgan fingerprint density at radius 1 is 1.33 bits per heavy atom. The Balaban J connectivity index is 1.84. The highest BCUT2D eigenvalue weighted by molar-refractivity contribution is 7.09. The first kappa shape index (κ1) is 15.7. The summed E-state index contributed by atoms with van der Waals surface area (Å²) in [5.41, 5.74) is 7.06. The Morgan fingerprint density at radius 3 is 2.76 bits per heavy atom. The quantitative estimate of drug-likeness (QED) is 0.784. The maximum atomic E-state index is 5.89. The molecule has 0 aliphatic rings. The zero-order chi connectivity index (χ0) is 15.1. The molecule has 0 amide bonds. The average molecular weight is 306 g/mol. The number of nitrogens with zero attached hydrogens (tertiary/aromatic N) is 2. The van der Waals surface area contributed by atoms with Crippen LogP contribution in [0, 0.1) is 0 Å². The number of hydrogen-bond acceptors (Lipinski definition) is 6. The zero-order valence-electron chi connectivity index (χ0n) is 12.5. The standard InChI is InChI=1S/C15H22N4OS/c1-3-12(16)8-9-17-15-18-14(19-21-15)10-11-4-6-13(20-2)7-5-11/h4-7,12H,3,8-10,16H2,1-2H3,(H,17,18,19). The predicted octanol–water partition coefficient (Wildman–Crippen LogP) is 2.68. The summed E-state index contributed by atoms with van der Waals surface area (Å²) < 4.78 is 9.52. The lowest BCUT2D eigenvalue weighted by Crippen LogP contribution is -2.22. The van der Waals surface area contributed by atoms with Crippen LogP contribution >= 0.6 is 11.5 Å². The van der Waals surface area contributed by atoms with Gasteiger partial charge in [0, 0.05) is 30.5 Å². The van der Waals surface area contributed by atoms with E-state index in [2.05, 4.69) is 21.6 Å². The fourth-order valence-corrected chi connectivity index (χ4v) is 2.50. The molecule has 114 valence electrons. The first-order valence-corrected chi connectivity index (χ1v) is 7.93. The SMILES string of the molecule is CCC(N)CCNc1nc(Cc2ccc(OC)cc2)ns1. The van der Waals surface area contributed by atoms with Crippen LogP contribution in [-0.4, -0.2) is 29.1 Å². The molecule has 1 aromatic carbocycles. The molecular formula is C15H22N4OS. The summed E-state index contributed by atoms with van der Waals surface area (Å²) in [7, 11) is 1.67. The van der Waals surface area contributed by atoms with E-state index in [9.17, 15) is 0 Å². The number of nitrogens with two attached hydrogens (primary N) is 1. The van der Waals surface area contributed by atoms with Gasteiger partial charge in [0.05, 0.1) is 7.11 Å². The second kappa shape index (κ2) is 7.95. The molecule has 1 heterocycles. The normalized spacial score (nSPS) is 12.1. The number of rotatable bonds is 8. The number of methoxy groups -OCH3 is 1. The van der Waals surface area contributed by atoms with Gasteiger partial charge >= 0.3 is 0 Å². The van der Waals surface area contributed by atoms with Crippen LogP contribution in [0.5, 0.6) is 5.75 Å². The van der Waals surface area contributed by atoms with Crippen molar-refractivity contribution in [2.24, 2.45) is 5.73 Å². The lowest BCUT2D eigenvalue weighted by molar-refractivity contribution is 0.414. The highest BCUT2D eigenvalue weighted by Gasteiger charge is 2.06. The largest absolute Gasteiger partial charge is 0.497 e. The summed E-state index contributed by atoms with van der Waals surface area (Å²) in [5.74, 6) is 1.70. The van der Waals surface area contributed by atoms with Crippen molar-refractivity contribution in [3.63, 3.8) is 0 Å². The Hall–Kier alpha value is -1.66. The predicted molar refractivity (Wildman–Crippen MR) is 87.1 cm³/mol. The Labute approximate surface area is 129 Å². The molecule has 1 aromatic heterocycles. The number of aromatic nitrogens is 2. The lowest BCUT2D eigenvalue weighted by Gasteiger charge is -2.07. The summed E-state index contributed by atoms with van der Waals surface area (Å²) >= 11 is 1.40. The number of benzene rings is 1. The third kappa shape index (κ3) is 4.99. The molecule has 0 aliphatic carbocycles. The molecular weight excluding hydrogens is 284 g/mol. The van der Waals surface area contributed by atoms with Crippen molar-refractivity contribution in [1.29, 1.82) is 0 Å². The van der Waals surface area contributed by atoms with Crippen LogP contribution in [0.4, 0.5) is 5.13 Å². The van der Waals surface area contributed by atoms with Crippen LogP contribution in [-0.2, 0) is 6.42 Å². The average Bonchev–Trinajstić information content (AvgIpc) is 2.95. The van der Waals surface area contributed by atoms with Crippen molar-refractivity contribution in [2.45, 2.75) is 32.2 Å². The summed E-state index contributed by atoms with van der Waals surface area (Å²) in [6, 6.07) is 8.23. The Kier molecular flexibility index (Phi) is 5.95. The summed E-state index contributed by atoms with van der Waals surface area (Å²) in [6.45, 7) is 2.94. The summed E-state index contributed by atoms with van der Waals surface area (Å²) in [5, 5.41) is 4.14. The van der Waals surface area contributed by atoms with Gasteiger partial charge in [-0.2, -0.15) is 4.37 Å². The molecule has 1 atom stereocenters. The Bertz CT molecular complexity index is 541. The fraction of sp³-hybridized carbons (Fsp3) is 0.467. The van der Waals surface area contributed by atoms with E-state index in [0.717, 1.165) is 42.5 Å². The van der Waals surface area contributed by atoms with E-state index < -0.39 is 0 Å². The van der Waals surface area contributed by atoms with Crippen LogP contribution in [0.3, 0.4) is 0 Å². The maximum Gasteiger partial charge on any atom is 0.202 e. The minimum absolute atomic E-state index is 0.254. The molecule has 0 fully saturated rings. The van der Waals surface area contributed by atoms with Gasteiger partial charge in [-0.25, -0.2) is 4.98 Å². The van der Waals surface area contributed by atoms with E-state index in [-0.39, 0.29) is 6.04 Å². The topological polar surface area (TPSA) is 73.1 Å². The highest BCUT2D eigenvalue weighted by Crippen LogP contribution is 2.16. The van der Waals surface area contributed by atoms with Crippen molar-refractivity contribution >= 4 is 16.7 Å². The van der Waals surface area contributed by atoms with Gasteiger partial charge in [0.1, 0.15) is 11.6 Å². The maximum absolute atomic E-state index is 5.89. The monoisotopic (exact) mass is 306 g/mol. The van der Waals surface area contributed by atoms with Crippen LogP contribution in [0.15, 0.2) is 24.3 Å². The second-order valence-corrected chi connectivity index (χ2v) is 5.68. The van der Waals surface area contributed by atoms with Gasteiger partial charge in [0.25, 0.3) is 0 Å². The number of nitrogens with one attached hydrogen (secondary N) is 1. The molecule has 0 aliphatic heterocycles. The van der Waals surface area contributed by atoms with Gasteiger partial charge in [-0.15, -0.1) is 0 Å². The van der Waals surface area contributed by atoms with Gasteiger partial charge < -0.3 is 15.8 Å². The Morgan fingerprint density at radius 2 is 2.10 bits per heavy atom. The van der Waals surface area contributed by atoms with E-state index in [1.165, 1.54) is 17.1 Å². The van der Waals surface area contributed by atoms with Crippen molar-refractivity contribution in [3.8, 4) is 5.75 Å². The van der Waals surface area contributed by atoms with Crippen LogP contribution in [0.2, 0.25) is 0 Å². The minimum atomic E-state index is 0.254. The smallest absolute Gasteiger partial charge is 0.202 e. The zero-order valence-corrected chi connectivity index (χ0v) is 13.3.